The number of fused-ring (bicyclic) bond motifs is 1. The fraction of sp³-hybridized carbons (Fsp3) is 0.483. The van der Waals surface area contributed by atoms with Gasteiger partial charge in [-0.3, -0.25) is 9.79 Å². The highest BCUT2D eigenvalue weighted by molar-refractivity contribution is 7.16. The Hall–Kier alpha value is -3.17. The van der Waals surface area contributed by atoms with Crippen molar-refractivity contribution in [3.63, 3.8) is 0 Å². The van der Waals surface area contributed by atoms with Crippen LogP contribution in [-0.2, 0) is 33.8 Å². The molecule has 1 aliphatic rings. The van der Waals surface area contributed by atoms with Gasteiger partial charge in [-0.1, -0.05) is 19.2 Å². The van der Waals surface area contributed by atoms with E-state index in [1.165, 1.54) is 16.0 Å². The molecule has 1 amide bonds. The van der Waals surface area contributed by atoms with Gasteiger partial charge in [-0.05, 0) is 57.5 Å². The number of nitrogens with one attached hydrogen (secondary N) is 1. The van der Waals surface area contributed by atoms with Crippen molar-refractivity contribution in [1.82, 2.24) is 9.80 Å². The van der Waals surface area contributed by atoms with Gasteiger partial charge in [0.25, 0.3) is 0 Å². The van der Waals surface area contributed by atoms with E-state index in [4.69, 9.17) is 10.5 Å². The maximum atomic E-state index is 12.6. The van der Waals surface area contributed by atoms with E-state index in [9.17, 15) is 9.59 Å². The number of amides is 1. The lowest BCUT2D eigenvalue weighted by Crippen LogP contribution is -2.37. The summed E-state index contributed by atoms with van der Waals surface area (Å²) in [6.07, 6.45) is 8.78. The molecular weight excluding hydrogens is 498 g/mol. The van der Waals surface area contributed by atoms with Crippen LogP contribution in [0.3, 0.4) is 0 Å². The summed E-state index contributed by atoms with van der Waals surface area (Å²) in [5.41, 5.74) is 10.2. The highest BCUT2D eigenvalue weighted by Crippen LogP contribution is 2.36. The molecule has 0 aliphatic carbocycles. The molecule has 2 heterocycles. The third-order valence-corrected chi connectivity index (χ3v) is 7.35. The van der Waals surface area contributed by atoms with E-state index in [-0.39, 0.29) is 5.91 Å². The molecule has 3 N–H and O–H groups in total. The maximum absolute atomic E-state index is 12.6. The number of allylic oxidation sites excluding steroid dienone is 4. The van der Waals surface area contributed by atoms with Crippen molar-refractivity contribution >= 4 is 35.2 Å². The minimum Gasteiger partial charge on any atom is -0.494 e. The Kier molecular flexibility index (Phi) is 15.7. The largest absolute Gasteiger partial charge is 0.494 e. The Balaban J connectivity index is 0.000000471. The maximum Gasteiger partial charge on any atom is 0.224 e. The molecule has 0 saturated carbocycles. The van der Waals surface area contributed by atoms with Crippen LogP contribution >= 0.6 is 11.3 Å². The smallest absolute Gasteiger partial charge is 0.224 e. The normalized spacial score (nSPS) is 13.0. The molecule has 210 valence electrons. The standard InChI is InChI=1S/C18H29N5OS.C11H16O2/c1-5-22(11-13(2)20-3)8-7-17(24)23-9-6-14-15(10-19)18(21-4)25-16(14)12-23;1-4-7-11(13-5-2)10(3)8-6-9-12/h11,21H,3,5-10,12,19H2,1-2,4H3;4,7,9H,1,3,5-6,8H2,2H3/b13-11-;11-7+. The van der Waals surface area contributed by atoms with Gasteiger partial charge in [0, 0.05) is 62.7 Å². The SMILES string of the molecule is C=C/C=C(/OCC)C(=C)CCC=O.C=N/C(C)=C\N(CC)CCC(=O)N1CCc2c(sc(NC)c2CN)C1. The van der Waals surface area contributed by atoms with E-state index >= 15 is 0 Å². The van der Waals surface area contributed by atoms with Crippen molar-refractivity contribution in [2.75, 3.05) is 38.6 Å². The highest BCUT2D eigenvalue weighted by Gasteiger charge is 2.26. The van der Waals surface area contributed by atoms with Gasteiger partial charge in [-0.2, -0.15) is 0 Å². The first-order valence-electron chi connectivity index (χ1n) is 13.0. The lowest BCUT2D eigenvalue weighted by molar-refractivity contribution is -0.132. The van der Waals surface area contributed by atoms with Gasteiger partial charge in [0.15, 0.2) is 0 Å². The molecule has 0 bridgehead atoms. The van der Waals surface area contributed by atoms with Crippen molar-refractivity contribution in [2.45, 2.75) is 59.5 Å². The first-order valence-corrected chi connectivity index (χ1v) is 13.9. The predicted octanol–water partition coefficient (Wildman–Crippen LogP) is 5.04. The van der Waals surface area contributed by atoms with Gasteiger partial charge in [-0.15, -0.1) is 11.3 Å². The number of ether oxygens (including phenoxy) is 1. The number of aliphatic imine (C=N–C) groups is 1. The third kappa shape index (κ3) is 10.3. The van der Waals surface area contributed by atoms with Crippen LogP contribution in [0.2, 0.25) is 0 Å². The summed E-state index contributed by atoms with van der Waals surface area (Å²) in [7, 11) is 1.92. The average molecular weight is 544 g/mol. The number of carbonyl (C=O) groups excluding carboxylic acids is 2. The molecule has 0 spiro atoms. The van der Waals surface area contributed by atoms with Crippen molar-refractivity contribution in [3.8, 4) is 0 Å². The van der Waals surface area contributed by atoms with E-state index in [0.29, 0.717) is 45.5 Å². The number of thiophene rings is 1. The summed E-state index contributed by atoms with van der Waals surface area (Å²) < 4.78 is 5.32. The number of hydrogen-bond acceptors (Lipinski definition) is 8. The van der Waals surface area contributed by atoms with E-state index < -0.39 is 0 Å². The lowest BCUT2D eigenvalue weighted by atomic mass is 10.0. The number of carbonyl (C=O) groups is 2. The molecule has 0 radical (unpaired) electrons. The van der Waals surface area contributed by atoms with Crippen molar-refractivity contribution < 1.29 is 14.3 Å². The molecule has 2 rings (SSSR count). The Morgan fingerprint density at radius 1 is 1.34 bits per heavy atom. The lowest BCUT2D eigenvalue weighted by Gasteiger charge is -2.28. The minimum absolute atomic E-state index is 0.204. The third-order valence-electron chi connectivity index (χ3n) is 6.07. The van der Waals surface area contributed by atoms with E-state index in [2.05, 4.69) is 42.0 Å². The van der Waals surface area contributed by atoms with Crippen LogP contribution < -0.4 is 11.1 Å². The van der Waals surface area contributed by atoms with Crippen LogP contribution in [0.25, 0.3) is 0 Å². The molecule has 0 fully saturated rings. The Morgan fingerprint density at radius 3 is 2.63 bits per heavy atom. The summed E-state index contributed by atoms with van der Waals surface area (Å²) in [4.78, 5) is 32.0. The zero-order valence-electron chi connectivity index (χ0n) is 23.6. The first-order chi connectivity index (χ1) is 18.3. The predicted molar refractivity (Wildman–Crippen MR) is 160 cm³/mol. The molecule has 9 heteroatoms. The number of anilines is 1. The summed E-state index contributed by atoms with van der Waals surface area (Å²) >= 11 is 1.72. The van der Waals surface area contributed by atoms with Gasteiger partial charge in [-0.25, -0.2) is 0 Å². The summed E-state index contributed by atoms with van der Waals surface area (Å²) in [5.74, 6) is 0.926. The molecule has 1 aromatic heterocycles. The highest BCUT2D eigenvalue weighted by atomic mass is 32.1. The molecule has 8 nitrogen and oxygen atoms in total. The number of nitrogens with two attached hydrogens (primary N) is 1. The van der Waals surface area contributed by atoms with Crippen LogP contribution in [0.1, 0.15) is 56.0 Å². The molecule has 0 aromatic carbocycles. The van der Waals surface area contributed by atoms with E-state index in [1.54, 1.807) is 23.5 Å². The second kappa shape index (κ2) is 18.1. The number of rotatable bonds is 15. The molecule has 1 aliphatic heterocycles. The van der Waals surface area contributed by atoms with Crippen molar-refractivity contribution in [2.24, 2.45) is 10.7 Å². The summed E-state index contributed by atoms with van der Waals surface area (Å²) in [5, 5.41) is 4.36. The fourth-order valence-corrected chi connectivity index (χ4v) is 5.25. The minimum atomic E-state index is 0.204. The van der Waals surface area contributed by atoms with Gasteiger partial charge in [0.2, 0.25) is 5.91 Å². The second-order valence-electron chi connectivity index (χ2n) is 8.65. The fourth-order valence-electron chi connectivity index (χ4n) is 4.00. The number of nitrogens with zero attached hydrogens (tertiary/aromatic N) is 3. The first kappa shape index (κ1) is 32.9. The topological polar surface area (TPSA) is 100 Å². The molecule has 0 atom stereocenters. The van der Waals surface area contributed by atoms with Gasteiger partial charge in [0.1, 0.15) is 12.0 Å². The van der Waals surface area contributed by atoms with Gasteiger partial charge >= 0.3 is 0 Å². The quantitative estimate of drug-likeness (QED) is 0.139. The molecule has 1 aromatic rings. The average Bonchev–Trinajstić information content (AvgIpc) is 3.30. The molecule has 0 unspecified atom stereocenters. The monoisotopic (exact) mass is 543 g/mol. The van der Waals surface area contributed by atoms with Crippen molar-refractivity contribution in [1.29, 1.82) is 0 Å². The molecular formula is C29H45N5O3S. The van der Waals surface area contributed by atoms with Gasteiger partial charge < -0.3 is 30.4 Å². The van der Waals surface area contributed by atoms with Crippen molar-refractivity contribution in [3.05, 3.63) is 64.5 Å². The summed E-state index contributed by atoms with van der Waals surface area (Å²) in [6, 6.07) is 0. The van der Waals surface area contributed by atoms with Crippen LogP contribution in [-0.4, -0.2) is 62.0 Å². The molecule has 38 heavy (non-hydrogen) atoms. The van der Waals surface area contributed by atoms with E-state index in [0.717, 1.165) is 47.8 Å². The van der Waals surface area contributed by atoms with E-state index in [1.807, 2.05) is 32.0 Å². The van der Waals surface area contributed by atoms with Crippen LogP contribution in [0.15, 0.2) is 53.5 Å². The second-order valence-corrected chi connectivity index (χ2v) is 9.75. The number of aldehydes is 1. The van der Waals surface area contributed by atoms with Crippen LogP contribution in [0.5, 0.6) is 0 Å². The zero-order valence-corrected chi connectivity index (χ0v) is 24.4. The van der Waals surface area contributed by atoms with Crippen LogP contribution in [0.4, 0.5) is 5.00 Å². The summed E-state index contributed by atoms with van der Waals surface area (Å²) in [6.45, 7) is 21.0. The zero-order chi connectivity index (χ0) is 28.5. The molecule has 0 saturated heterocycles. The van der Waals surface area contributed by atoms with Crippen LogP contribution in [0, 0.1) is 0 Å². The number of hydrogen-bond donors (Lipinski definition) is 2. The van der Waals surface area contributed by atoms with Gasteiger partial charge in [0.05, 0.1) is 23.8 Å². The Morgan fingerprint density at radius 2 is 2.08 bits per heavy atom. The Bertz CT molecular complexity index is 1010. The Labute approximate surface area is 232 Å².